The van der Waals surface area contributed by atoms with E-state index in [1.54, 1.807) is 6.07 Å². The largest absolute Gasteiger partial charge is 0.368 e. The number of hydrogen-bond donors (Lipinski definition) is 0. The summed E-state index contributed by atoms with van der Waals surface area (Å²) in [6.45, 7) is 4.28. The fourth-order valence-electron chi connectivity index (χ4n) is 3.87. The Kier molecular flexibility index (Phi) is 2.71. The number of halogens is 1. The van der Waals surface area contributed by atoms with Crippen LogP contribution in [0, 0.1) is 17.7 Å². The van der Waals surface area contributed by atoms with Crippen molar-refractivity contribution < 1.29 is 4.39 Å². The van der Waals surface area contributed by atoms with Gasteiger partial charge in [0.15, 0.2) is 0 Å². The molecule has 104 valence electrons. The van der Waals surface area contributed by atoms with E-state index in [1.165, 1.54) is 0 Å². The average Bonchev–Trinajstić information content (AvgIpc) is 2.95. The van der Waals surface area contributed by atoms with Crippen LogP contribution in [0.15, 0.2) is 36.4 Å². The van der Waals surface area contributed by atoms with E-state index in [-0.39, 0.29) is 5.82 Å². The predicted octanol–water partition coefficient (Wildman–Crippen LogP) is 2.98. The van der Waals surface area contributed by atoms with Crippen LogP contribution in [0.2, 0.25) is 0 Å². The lowest BCUT2D eigenvalue weighted by Crippen LogP contribution is -2.27. The molecule has 2 fully saturated rings. The predicted molar refractivity (Wildman–Crippen MR) is 80.6 cm³/mol. The van der Waals surface area contributed by atoms with Crippen LogP contribution in [-0.4, -0.2) is 38.1 Å². The number of anilines is 1. The fourth-order valence-corrected chi connectivity index (χ4v) is 3.87. The van der Waals surface area contributed by atoms with Crippen LogP contribution in [0.1, 0.15) is 0 Å². The Bertz CT molecular complexity index is 640. The van der Waals surface area contributed by atoms with Gasteiger partial charge in [-0.05, 0) is 41.8 Å². The highest BCUT2D eigenvalue weighted by Crippen LogP contribution is 2.35. The third kappa shape index (κ3) is 1.88. The standard InChI is InChI=1S/C17H19FN2/c1-19-8-14-10-20(11-15(14)9-19)17-7-13-5-3-2-4-12(13)6-16(17)18/h2-7,14-15H,8-11H2,1H3. The van der Waals surface area contributed by atoms with Gasteiger partial charge in [-0.2, -0.15) is 0 Å². The van der Waals surface area contributed by atoms with Gasteiger partial charge in [-0.15, -0.1) is 0 Å². The first kappa shape index (κ1) is 12.2. The number of benzene rings is 2. The number of likely N-dealkylation sites (tertiary alicyclic amines) is 1. The number of rotatable bonds is 1. The van der Waals surface area contributed by atoms with E-state index >= 15 is 0 Å². The molecule has 0 aromatic heterocycles. The molecule has 2 aromatic carbocycles. The average molecular weight is 270 g/mol. The molecule has 0 amide bonds. The van der Waals surface area contributed by atoms with E-state index < -0.39 is 0 Å². The molecule has 0 spiro atoms. The second-order valence-electron chi connectivity index (χ2n) is 6.30. The second kappa shape index (κ2) is 4.45. The fraction of sp³-hybridized carbons (Fsp3) is 0.412. The van der Waals surface area contributed by atoms with Gasteiger partial charge in [0.1, 0.15) is 5.82 Å². The van der Waals surface area contributed by atoms with Crippen molar-refractivity contribution >= 4 is 16.5 Å². The molecule has 2 unspecified atom stereocenters. The lowest BCUT2D eigenvalue weighted by molar-refractivity contribution is 0.386. The van der Waals surface area contributed by atoms with E-state index in [4.69, 9.17) is 0 Å². The Hall–Kier alpha value is -1.61. The third-order valence-corrected chi connectivity index (χ3v) is 4.82. The van der Waals surface area contributed by atoms with Crippen LogP contribution in [-0.2, 0) is 0 Å². The molecule has 2 heterocycles. The molecule has 3 heteroatoms. The van der Waals surface area contributed by atoms with Gasteiger partial charge in [0.2, 0.25) is 0 Å². The minimum absolute atomic E-state index is 0.0861. The maximum atomic E-state index is 14.4. The summed E-state index contributed by atoms with van der Waals surface area (Å²) >= 11 is 0. The topological polar surface area (TPSA) is 6.48 Å². The van der Waals surface area contributed by atoms with Gasteiger partial charge in [0, 0.05) is 26.2 Å². The molecule has 0 aliphatic carbocycles. The molecule has 0 N–H and O–H groups in total. The van der Waals surface area contributed by atoms with Crippen LogP contribution >= 0.6 is 0 Å². The molecular weight excluding hydrogens is 251 g/mol. The smallest absolute Gasteiger partial charge is 0.147 e. The molecule has 4 rings (SSSR count). The molecule has 2 aromatic rings. The van der Waals surface area contributed by atoms with Gasteiger partial charge < -0.3 is 9.80 Å². The summed E-state index contributed by atoms with van der Waals surface area (Å²) in [5.74, 6) is 1.31. The quantitative estimate of drug-likeness (QED) is 0.786. The van der Waals surface area contributed by atoms with E-state index in [0.717, 1.165) is 42.6 Å². The van der Waals surface area contributed by atoms with Crippen LogP contribution in [0.5, 0.6) is 0 Å². The zero-order chi connectivity index (χ0) is 13.7. The first-order valence-corrected chi connectivity index (χ1v) is 7.32. The van der Waals surface area contributed by atoms with E-state index in [0.29, 0.717) is 11.8 Å². The Labute approximate surface area is 118 Å². The van der Waals surface area contributed by atoms with Crippen molar-refractivity contribution in [1.29, 1.82) is 0 Å². The Morgan fingerprint density at radius 2 is 1.55 bits per heavy atom. The maximum absolute atomic E-state index is 14.4. The van der Waals surface area contributed by atoms with Crippen molar-refractivity contribution in [2.45, 2.75) is 0 Å². The highest BCUT2D eigenvalue weighted by molar-refractivity contribution is 5.86. The highest BCUT2D eigenvalue weighted by atomic mass is 19.1. The summed E-state index contributed by atoms with van der Waals surface area (Å²) in [6.07, 6.45) is 0. The van der Waals surface area contributed by atoms with Crippen molar-refractivity contribution in [2.75, 3.05) is 38.1 Å². The van der Waals surface area contributed by atoms with Crippen LogP contribution in [0.4, 0.5) is 10.1 Å². The van der Waals surface area contributed by atoms with Gasteiger partial charge in [-0.25, -0.2) is 4.39 Å². The molecule has 2 saturated heterocycles. The minimum Gasteiger partial charge on any atom is -0.368 e. The number of hydrogen-bond acceptors (Lipinski definition) is 2. The molecule has 2 nitrogen and oxygen atoms in total. The van der Waals surface area contributed by atoms with E-state index in [1.807, 2.05) is 24.3 Å². The van der Waals surface area contributed by atoms with Gasteiger partial charge in [0.05, 0.1) is 5.69 Å². The maximum Gasteiger partial charge on any atom is 0.147 e. The molecule has 2 aliphatic rings. The molecule has 0 saturated carbocycles. The van der Waals surface area contributed by atoms with E-state index in [9.17, 15) is 4.39 Å². The molecule has 20 heavy (non-hydrogen) atoms. The van der Waals surface area contributed by atoms with Crippen molar-refractivity contribution in [1.82, 2.24) is 4.90 Å². The zero-order valence-corrected chi connectivity index (χ0v) is 11.7. The van der Waals surface area contributed by atoms with Crippen LogP contribution in [0.25, 0.3) is 10.8 Å². The van der Waals surface area contributed by atoms with Crippen molar-refractivity contribution in [3.63, 3.8) is 0 Å². The Morgan fingerprint density at radius 1 is 0.950 bits per heavy atom. The SMILES string of the molecule is CN1CC2CN(c3cc4ccccc4cc3F)CC2C1. The summed E-state index contributed by atoms with van der Waals surface area (Å²) in [5.41, 5.74) is 0.778. The lowest BCUT2D eigenvalue weighted by Gasteiger charge is -2.22. The minimum atomic E-state index is -0.0861. The lowest BCUT2D eigenvalue weighted by atomic mass is 10.0. The summed E-state index contributed by atoms with van der Waals surface area (Å²) in [7, 11) is 2.18. The zero-order valence-electron chi connectivity index (χ0n) is 11.7. The van der Waals surface area contributed by atoms with Gasteiger partial charge in [0.25, 0.3) is 0 Å². The Balaban J connectivity index is 1.68. The van der Waals surface area contributed by atoms with Crippen LogP contribution < -0.4 is 4.90 Å². The van der Waals surface area contributed by atoms with Crippen LogP contribution in [0.3, 0.4) is 0 Å². The van der Waals surface area contributed by atoms with Crippen molar-refractivity contribution in [2.24, 2.45) is 11.8 Å². The number of nitrogens with zero attached hydrogens (tertiary/aromatic N) is 2. The summed E-state index contributed by atoms with van der Waals surface area (Å²) in [4.78, 5) is 4.63. The Morgan fingerprint density at radius 3 is 2.20 bits per heavy atom. The summed E-state index contributed by atoms with van der Waals surface area (Å²) in [6, 6.07) is 11.7. The van der Waals surface area contributed by atoms with Crippen molar-refractivity contribution in [3.05, 3.63) is 42.2 Å². The number of fused-ring (bicyclic) bond motifs is 2. The molecule has 0 bridgehead atoms. The monoisotopic (exact) mass is 270 g/mol. The molecule has 0 radical (unpaired) electrons. The molecular formula is C17H19FN2. The first-order valence-electron chi connectivity index (χ1n) is 7.32. The summed E-state index contributed by atoms with van der Waals surface area (Å²) in [5, 5.41) is 2.10. The van der Waals surface area contributed by atoms with Gasteiger partial charge in [-0.3, -0.25) is 0 Å². The van der Waals surface area contributed by atoms with Crippen molar-refractivity contribution in [3.8, 4) is 0 Å². The third-order valence-electron chi connectivity index (χ3n) is 4.82. The van der Waals surface area contributed by atoms with Gasteiger partial charge >= 0.3 is 0 Å². The first-order chi connectivity index (χ1) is 9.70. The van der Waals surface area contributed by atoms with E-state index in [2.05, 4.69) is 22.9 Å². The molecule has 2 atom stereocenters. The van der Waals surface area contributed by atoms with Gasteiger partial charge in [-0.1, -0.05) is 24.3 Å². The highest BCUT2D eigenvalue weighted by Gasteiger charge is 2.39. The normalized spacial score (nSPS) is 26.4. The molecule has 2 aliphatic heterocycles. The second-order valence-corrected chi connectivity index (χ2v) is 6.30. The summed E-state index contributed by atoms with van der Waals surface area (Å²) < 4.78 is 14.4.